The number of fused-ring (bicyclic) bond motifs is 1. The Kier molecular flexibility index (Phi) is 6.73. The number of likely N-dealkylation sites (tertiary alicyclic amines) is 1. The van der Waals surface area contributed by atoms with Crippen molar-refractivity contribution >= 4 is 23.6 Å². The maximum atomic E-state index is 13.7. The minimum atomic E-state index is -1.15. The van der Waals surface area contributed by atoms with Gasteiger partial charge < -0.3 is 24.6 Å². The summed E-state index contributed by atoms with van der Waals surface area (Å²) in [6, 6.07) is 4.52. The molecular weight excluding hydrogens is 446 g/mol. The van der Waals surface area contributed by atoms with Crippen molar-refractivity contribution < 1.29 is 14.3 Å². The van der Waals surface area contributed by atoms with Gasteiger partial charge in [-0.1, -0.05) is 0 Å². The van der Waals surface area contributed by atoms with Gasteiger partial charge in [0.2, 0.25) is 0 Å². The van der Waals surface area contributed by atoms with Crippen LogP contribution in [0.15, 0.2) is 29.7 Å². The number of hydrogen-bond acceptors (Lipinski definition) is 9. The molecule has 4 aliphatic heterocycles. The zero-order valence-electron chi connectivity index (χ0n) is 20.3. The van der Waals surface area contributed by atoms with Crippen LogP contribution in [0.1, 0.15) is 26.2 Å². The number of anilines is 2. The number of nitriles is 1. The number of nitrogens with one attached hydrogen (secondary N) is 1. The summed E-state index contributed by atoms with van der Waals surface area (Å²) in [5, 5.41) is 13.6. The van der Waals surface area contributed by atoms with Crippen LogP contribution in [0.5, 0.6) is 0 Å². The highest BCUT2D eigenvalue weighted by molar-refractivity contribution is 6.01. The van der Waals surface area contributed by atoms with Crippen LogP contribution in [0.25, 0.3) is 0 Å². The molecule has 3 fully saturated rings. The van der Waals surface area contributed by atoms with Crippen LogP contribution in [-0.2, 0) is 14.3 Å². The minimum absolute atomic E-state index is 0.0442. The van der Waals surface area contributed by atoms with E-state index in [1.165, 1.54) is 0 Å². The van der Waals surface area contributed by atoms with E-state index in [-0.39, 0.29) is 11.5 Å². The van der Waals surface area contributed by atoms with Gasteiger partial charge in [-0.05, 0) is 32.3 Å². The molecule has 1 atom stereocenters. The molecule has 10 nitrogen and oxygen atoms in total. The average molecular weight is 480 g/mol. The number of carbonyl (C=O) groups excluding carboxylic acids is 2. The fourth-order valence-electron chi connectivity index (χ4n) is 5.59. The van der Waals surface area contributed by atoms with Crippen molar-refractivity contribution in [3.63, 3.8) is 0 Å². The van der Waals surface area contributed by atoms with E-state index in [9.17, 15) is 14.9 Å². The predicted octanol–water partition coefficient (Wildman–Crippen LogP) is 1.04. The molecule has 35 heavy (non-hydrogen) atoms. The van der Waals surface area contributed by atoms with E-state index in [1.54, 1.807) is 17.3 Å². The number of piperazine rings is 1. The molecule has 10 heteroatoms. The molecule has 1 unspecified atom stereocenters. The van der Waals surface area contributed by atoms with Crippen molar-refractivity contribution in [3.8, 4) is 6.07 Å². The highest BCUT2D eigenvalue weighted by Gasteiger charge is 2.46. The third-order valence-electron chi connectivity index (χ3n) is 7.81. The highest BCUT2D eigenvalue weighted by Crippen LogP contribution is 2.39. The quantitative estimate of drug-likeness (QED) is 0.364. The summed E-state index contributed by atoms with van der Waals surface area (Å²) in [5.41, 5.74) is 0.972. The van der Waals surface area contributed by atoms with Gasteiger partial charge in [0.15, 0.2) is 0 Å². The van der Waals surface area contributed by atoms with Crippen LogP contribution in [0.2, 0.25) is 0 Å². The molecule has 4 aliphatic rings. The van der Waals surface area contributed by atoms with Crippen molar-refractivity contribution in [2.75, 3.05) is 69.4 Å². The summed E-state index contributed by atoms with van der Waals surface area (Å²) < 4.78 is 5.36. The molecule has 1 aromatic rings. The smallest absolute Gasteiger partial charge is 0.266 e. The molecule has 3 saturated heterocycles. The van der Waals surface area contributed by atoms with Crippen LogP contribution < -0.4 is 10.2 Å². The monoisotopic (exact) mass is 479 g/mol. The number of rotatable bonds is 6. The van der Waals surface area contributed by atoms with E-state index >= 15 is 0 Å². The number of ether oxygens (including phenoxy) is 1. The predicted molar refractivity (Wildman–Crippen MR) is 130 cm³/mol. The SMILES string of the molecule is CC(C=O)(C(=C(C#N)C(=O)N1CCCCC1)N1CNc2cnccc21)N1CCN(C2COC2)CC1. The van der Waals surface area contributed by atoms with Gasteiger partial charge in [0.25, 0.3) is 5.91 Å². The lowest BCUT2D eigenvalue weighted by molar-refractivity contribution is -0.127. The Bertz CT molecular complexity index is 1040. The number of pyridine rings is 1. The molecule has 1 aromatic heterocycles. The van der Waals surface area contributed by atoms with E-state index < -0.39 is 5.54 Å². The Morgan fingerprint density at radius 1 is 1.20 bits per heavy atom. The molecule has 0 aliphatic carbocycles. The van der Waals surface area contributed by atoms with Gasteiger partial charge in [0.05, 0.1) is 49.2 Å². The van der Waals surface area contributed by atoms with Crippen molar-refractivity contribution in [1.82, 2.24) is 19.7 Å². The molecule has 186 valence electrons. The lowest BCUT2D eigenvalue weighted by atomic mass is 9.90. The zero-order chi connectivity index (χ0) is 24.4. The van der Waals surface area contributed by atoms with Crippen molar-refractivity contribution in [3.05, 3.63) is 29.7 Å². The van der Waals surface area contributed by atoms with E-state index in [4.69, 9.17) is 4.74 Å². The normalized spacial score (nSPS) is 23.9. The first-order valence-corrected chi connectivity index (χ1v) is 12.5. The van der Waals surface area contributed by atoms with E-state index in [1.807, 2.05) is 17.9 Å². The third-order valence-corrected chi connectivity index (χ3v) is 7.81. The average Bonchev–Trinajstić information content (AvgIpc) is 3.30. The number of aldehydes is 1. The van der Waals surface area contributed by atoms with Gasteiger partial charge in [0, 0.05) is 45.5 Å². The Morgan fingerprint density at radius 2 is 1.94 bits per heavy atom. The van der Waals surface area contributed by atoms with Crippen molar-refractivity contribution in [2.45, 2.75) is 37.8 Å². The number of nitrogens with zero attached hydrogens (tertiary/aromatic N) is 6. The summed E-state index contributed by atoms with van der Waals surface area (Å²) in [4.78, 5) is 39.0. The Morgan fingerprint density at radius 3 is 2.57 bits per heavy atom. The summed E-state index contributed by atoms with van der Waals surface area (Å²) in [7, 11) is 0. The molecule has 5 heterocycles. The highest BCUT2D eigenvalue weighted by atomic mass is 16.5. The Labute approximate surface area is 206 Å². The van der Waals surface area contributed by atoms with Gasteiger partial charge in [-0.3, -0.25) is 19.6 Å². The number of hydrogen-bond donors (Lipinski definition) is 1. The fraction of sp³-hybridized carbons (Fsp3) is 0.600. The van der Waals surface area contributed by atoms with Crippen LogP contribution in [-0.4, -0.2) is 103 Å². The van der Waals surface area contributed by atoms with E-state index in [2.05, 4.69) is 26.2 Å². The molecule has 0 aromatic carbocycles. The van der Waals surface area contributed by atoms with Gasteiger partial charge >= 0.3 is 0 Å². The Balaban J connectivity index is 1.54. The van der Waals surface area contributed by atoms with E-state index in [0.29, 0.717) is 44.6 Å². The number of carbonyl (C=O) groups is 2. The molecule has 0 saturated carbocycles. The van der Waals surface area contributed by atoms with Gasteiger partial charge in [-0.25, -0.2) is 0 Å². The number of amides is 1. The van der Waals surface area contributed by atoms with Gasteiger partial charge in [0.1, 0.15) is 23.5 Å². The van der Waals surface area contributed by atoms with Crippen molar-refractivity contribution in [1.29, 1.82) is 5.26 Å². The van der Waals surface area contributed by atoms with Crippen LogP contribution >= 0.6 is 0 Å². The maximum Gasteiger partial charge on any atom is 0.266 e. The second-order valence-corrected chi connectivity index (χ2v) is 9.82. The first-order valence-electron chi connectivity index (χ1n) is 12.5. The second kappa shape index (κ2) is 9.93. The first-order chi connectivity index (χ1) is 17.1. The molecular formula is C25H33N7O3. The fourth-order valence-corrected chi connectivity index (χ4v) is 5.59. The number of aromatic nitrogens is 1. The molecule has 0 bridgehead atoms. The van der Waals surface area contributed by atoms with Gasteiger partial charge in [-0.2, -0.15) is 5.26 Å². The molecule has 0 radical (unpaired) electrons. The lowest BCUT2D eigenvalue weighted by Crippen LogP contribution is -2.63. The van der Waals surface area contributed by atoms with Crippen molar-refractivity contribution in [2.24, 2.45) is 0 Å². The lowest BCUT2D eigenvalue weighted by Gasteiger charge is -2.48. The summed E-state index contributed by atoms with van der Waals surface area (Å²) in [5.74, 6) is -0.289. The summed E-state index contributed by atoms with van der Waals surface area (Å²) in [6.07, 6.45) is 7.26. The largest absolute Gasteiger partial charge is 0.378 e. The minimum Gasteiger partial charge on any atom is -0.378 e. The van der Waals surface area contributed by atoms with Crippen LogP contribution in [0, 0.1) is 11.3 Å². The molecule has 5 rings (SSSR count). The first kappa shape index (κ1) is 23.7. The summed E-state index contributed by atoms with van der Waals surface area (Å²) >= 11 is 0. The van der Waals surface area contributed by atoms with Gasteiger partial charge in [-0.15, -0.1) is 0 Å². The number of piperidine rings is 1. The maximum absolute atomic E-state index is 13.7. The second-order valence-electron chi connectivity index (χ2n) is 9.82. The Hall–Kier alpha value is -3.00. The standard InChI is InChI=1S/C25H33N7O3/c1-25(17-33,31-11-9-29(10-12-31)19-15-35-16-19)23(32-18-28-21-14-27-6-5-22(21)32)20(13-26)24(34)30-7-3-2-4-8-30/h5-6,14,17,19,28H,2-4,7-12,15-16,18H2,1H3. The summed E-state index contributed by atoms with van der Waals surface area (Å²) in [6.45, 7) is 7.93. The third kappa shape index (κ3) is 4.29. The molecule has 1 N–H and O–H groups in total. The van der Waals surface area contributed by atoms with E-state index in [0.717, 1.165) is 63.2 Å². The molecule has 1 amide bonds. The zero-order valence-corrected chi connectivity index (χ0v) is 20.3. The molecule has 0 spiro atoms. The topological polar surface area (TPSA) is 105 Å². The van der Waals surface area contributed by atoms with Crippen LogP contribution in [0.4, 0.5) is 11.4 Å². The van der Waals surface area contributed by atoms with Crippen LogP contribution in [0.3, 0.4) is 0 Å².